The molecule has 1 aliphatic heterocycles. The van der Waals surface area contributed by atoms with Gasteiger partial charge < -0.3 is 13.7 Å². The summed E-state index contributed by atoms with van der Waals surface area (Å²) in [5.74, 6) is 2.61. The first-order valence-corrected chi connectivity index (χ1v) is 22.4. The topological polar surface area (TPSA) is 70.9 Å². The van der Waals surface area contributed by atoms with Gasteiger partial charge in [-0.15, -0.1) is 0 Å². The summed E-state index contributed by atoms with van der Waals surface area (Å²) in [6.45, 7) is 4.24. The van der Waals surface area contributed by atoms with E-state index in [1.165, 1.54) is 5.57 Å². The van der Waals surface area contributed by atoms with Crippen molar-refractivity contribution in [3.63, 3.8) is 0 Å². The molecular formula is C58H41N5O2. The number of benzene rings is 7. The van der Waals surface area contributed by atoms with E-state index in [2.05, 4.69) is 181 Å². The molecule has 0 spiro atoms. The maximum Gasteiger partial charge on any atom is 0.238 e. The number of hydrogen-bond donors (Lipinski definition) is 0. The maximum absolute atomic E-state index is 7.00. The Morgan fingerprint density at radius 2 is 1.32 bits per heavy atom. The third kappa shape index (κ3) is 5.65. The quantitative estimate of drug-likeness (QED) is 0.150. The smallest absolute Gasteiger partial charge is 0.238 e. The van der Waals surface area contributed by atoms with Gasteiger partial charge in [0.2, 0.25) is 5.95 Å². The molecule has 2 atom stereocenters. The SMILES string of the molecule is C/C=C(\C=C/CC)c1ccc2c(c1)oc1c(-n3c4ccccc4c4ccc5c6ccccc6n(-c6nc(-c7ccccc7)nc(-c7cccc8c7C7C=CC=CC7O8)n6)c5c43)cccc12. The third-order valence-corrected chi connectivity index (χ3v) is 13.2. The van der Waals surface area contributed by atoms with Gasteiger partial charge in [-0.3, -0.25) is 4.57 Å². The fraction of sp³-hybridized carbons (Fsp3) is 0.0862. The Bertz CT molecular complexity index is 3880. The minimum atomic E-state index is -0.0783. The van der Waals surface area contributed by atoms with Crippen LogP contribution in [0.2, 0.25) is 0 Å². The zero-order valence-electron chi connectivity index (χ0n) is 35.8. The van der Waals surface area contributed by atoms with Crippen molar-refractivity contribution in [2.24, 2.45) is 0 Å². The highest BCUT2D eigenvalue weighted by molar-refractivity contribution is 6.24. The van der Waals surface area contributed by atoms with E-state index in [0.29, 0.717) is 17.6 Å². The number of para-hydroxylation sites is 3. The lowest BCUT2D eigenvalue weighted by Crippen LogP contribution is -2.16. The highest BCUT2D eigenvalue weighted by atomic mass is 16.5. The van der Waals surface area contributed by atoms with Crippen molar-refractivity contribution in [2.45, 2.75) is 32.3 Å². The van der Waals surface area contributed by atoms with Gasteiger partial charge in [-0.25, -0.2) is 4.98 Å². The summed E-state index contributed by atoms with van der Waals surface area (Å²) in [7, 11) is 0. The van der Waals surface area contributed by atoms with Crippen LogP contribution in [0.25, 0.3) is 106 Å². The molecule has 65 heavy (non-hydrogen) atoms. The summed E-state index contributed by atoms with van der Waals surface area (Å²) >= 11 is 0. The monoisotopic (exact) mass is 839 g/mol. The molecule has 0 saturated carbocycles. The van der Waals surface area contributed by atoms with Gasteiger partial charge in [0.1, 0.15) is 17.4 Å². The van der Waals surface area contributed by atoms with Gasteiger partial charge >= 0.3 is 0 Å². The fourth-order valence-corrected chi connectivity index (χ4v) is 10.3. The predicted molar refractivity (Wildman–Crippen MR) is 265 cm³/mol. The Kier molecular flexibility index (Phi) is 8.40. The Balaban J connectivity index is 1.12. The molecule has 11 aromatic rings. The second-order valence-corrected chi connectivity index (χ2v) is 16.8. The molecule has 1 aliphatic carbocycles. The van der Waals surface area contributed by atoms with E-state index in [4.69, 9.17) is 24.1 Å². The van der Waals surface area contributed by atoms with Crippen LogP contribution >= 0.6 is 0 Å². The molecule has 0 amide bonds. The first-order chi connectivity index (χ1) is 32.2. The molecule has 0 fully saturated rings. The molecule has 310 valence electrons. The van der Waals surface area contributed by atoms with Crippen LogP contribution in [0.1, 0.15) is 37.3 Å². The van der Waals surface area contributed by atoms with E-state index in [0.717, 1.165) is 106 Å². The number of furan rings is 1. The Labute approximate surface area is 374 Å². The molecule has 4 aromatic heterocycles. The summed E-state index contributed by atoms with van der Waals surface area (Å²) < 4.78 is 18.1. The van der Waals surface area contributed by atoms with Gasteiger partial charge in [-0.2, -0.15) is 9.97 Å². The molecule has 0 saturated heterocycles. The molecule has 0 radical (unpaired) electrons. The number of hydrogen-bond acceptors (Lipinski definition) is 5. The second kappa shape index (κ2) is 14.6. The fourth-order valence-electron chi connectivity index (χ4n) is 10.3. The first kappa shape index (κ1) is 37.3. The van der Waals surface area contributed by atoms with Gasteiger partial charge in [-0.05, 0) is 67.0 Å². The standard InChI is InChI=1S/C58H41N5O2/c1-3-5-17-35(4-2)37-30-31-40-43-23-15-27-48(55(43)65-51(40)34-37)62-46-25-12-9-20-38(46)41-32-33-42-39-21-10-13-26-47(39)63(54(42)53(41)62)58-60-56(36-18-7-6-8-19-36)59-57(61-58)45-24-16-29-50-52(45)44-22-11-14-28-49(44)64-50/h4-34,44,49H,3H2,1-2H3/b17-5-,35-4+. The zero-order valence-corrected chi connectivity index (χ0v) is 35.8. The number of nitrogens with zero attached hydrogens (tertiary/aromatic N) is 5. The van der Waals surface area contributed by atoms with E-state index in [-0.39, 0.29) is 12.0 Å². The molecule has 7 nitrogen and oxygen atoms in total. The van der Waals surface area contributed by atoms with Crippen LogP contribution in [-0.4, -0.2) is 30.2 Å². The van der Waals surface area contributed by atoms with Crippen LogP contribution in [0.5, 0.6) is 5.75 Å². The highest BCUT2D eigenvalue weighted by Gasteiger charge is 2.35. The van der Waals surface area contributed by atoms with Crippen LogP contribution in [-0.2, 0) is 0 Å². The van der Waals surface area contributed by atoms with E-state index < -0.39 is 0 Å². The zero-order chi connectivity index (χ0) is 43.2. The molecule has 0 N–H and O–H groups in total. The summed E-state index contributed by atoms with van der Waals surface area (Å²) in [5, 5.41) is 6.60. The predicted octanol–water partition coefficient (Wildman–Crippen LogP) is 14.6. The number of allylic oxidation sites excluding steroid dienone is 6. The highest BCUT2D eigenvalue weighted by Crippen LogP contribution is 2.47. The molecular weight excluding hydrogens is 799 g/mol. The van der Waals surface area contributed by atoms with Crippen LogP contribution in [0, 0.1) is 0 Å². The molecule has 2 unspecified atom stereocenters. The van der Waals surface area contributed by atoms with Crippen LogP contribution < -0.4 is 4.74 Å². The summed E-state index contributed by atoms with van der Waals surface area (Å²) in [6, 6.07) is 51.2. The largest absolute Gasteiger partial charge is 0.485 e. The lowest BCUT2D eigenvalue weighted by atomic mass is 9.88. The maximum atomic E-state index is 7.00. The van der Waals surface area contributed by atoms with Gasteiger partial charge in [0, 0.05) is 54.9 Å². The number of fused-ring (bicyclic) bond motifs is 13. The summed E-state index contributed by atoms with van der Waals surface area (Å²) in [6.07, 6.45) is 15.9. The molecule has 7 aromatic carbocycles. The van der Waals surface area contributed by atoms with Gasteiger partial charge in [-0.1, -0.05) is 153 Å². The van der Waals surface area contributed by atoms with E-state index in [1.54, 1.807) is 0 Å². The van der Waals surface area contributed by atoms with Crippen molar-refractivity contribution in [1.82, 2.24) is 24.1 Å². The van der Waals surface area contributed by atoms with Crippen molar-refractivity contribution in [1.29, 1.82) is 0 Å². The average Bonchev–Trinajstić information content (AvgIpc) is 4.12. The van der Waals surface area contributed by atoms with Crippen molar-refractivity contribution in [2.75, 3.05) is 0 Å². The van der Waals surface area contributed by atoms with Crippen molar-refractivity contribution in [3.8, 4) is 40.2 Å². The summed E-state index contributed by atoms with van der Waals surface area (Å²) in [5.41, 5.74) is 12.0. The number of ether oxygens (including phenoxy) is 1. The van der Waals surface area contributed by atoms with Gasteiger partial charge in [0.15, 0.2) is 17.2 Å². The van der Waals surface area contributed by atoms with Gasteiger partial charge in [0.25, 0.3) is 0 Å². The minimum absolute atomic E-state index is 0.0470. The van der Waals surface area contributed by atoms with Crippen LogP contribution in [0.4, 0.5) is 0 Å². The Morgan fingerprint density at radius 1 is 0.631 bits per heavy atom. The molecule has 0 bridgehead atoms. The Morgan fingerprint density at radius 3 is 2.12 bits per heavy atom. The van der Waals surface area contributed by atoms with Crippen molar-refractivity contribution < 1.29 is 9.15 Å². The molecule has 5 heterocycles. The molecule has 13 rings (SSSR count). The van der Waals surface area contributed by atoms with Gasteiger partial charge in [0.05, 0.1) is 27.8 Å². The number of aromatic nitrogens is 5. The van der Waals surface area contributed by atoms with E-state index >= 15 is 0 Å². The normalized spacial score (nSPS) is 15.9. The van der Waals surface area contributed by atoms with Crippen molar-refractivity contribution in [3.05, 3.63) is 199 Å². The van der Waals surface area contributed by atoms with Crippen LogP contribution in [0.3, 0.4) is 0 Å². The third-order valence-electron chi connectivity index (χ3n) is 13.2. The minimum Gasteiger partial charge on any atom is -0.485 e. The van der Waals surface area contributed by atoms with Crippen LogP contribution in [0.15, 0.2) is 193 Å². The molecule has 7 heteroatoms. The Hall–Kier alpha value is -8.29. The summed E-state index contributed by atoms with van der Waals surface area (Å²) in [4.78, 5) is 16.1. The van der Waals surface area contributed by atoms with E-state index in [9.17, 15) is 0 Å². The lowest BCUT2D eigenvalue weighted by Gasteiger charge is -2.16. The molecule has 2 aliphatic rings. The average molecular weight is 840 g/mol. The van der Waals surface area contributed by atoms with E-state index in [1.807, 2.05) is 30.3 Å². The second-order valence-electron chi connectivity index (χ2n) is 16.8. The van der Waals surface area contributed by atoms with Crippen molar-refractivity contribution >= 4 is 71.1 Å². The lowest BCUT2D eigenvalue weighted by molar-refractivity contribution is 0.269. The first-order valence-electron chi connectivity index (χ1n) is 22.4. The number of rotatable bonds is 7.